The fourth-order valence-electron chi connectivity index (χ4n) is 1.23. The van der Waals surface area contributed by atoms with E-state index in [4.69, 9.17) is 11.5 Å². The molecule has 4 N–H and O–H groups in total. The van der Waals surface area contributed by atoms with Crippen LogP contribution < -0.4 is 11.5 Å². The summed E-state index contributed by atoms with van der Waals surface area (Å²) in [6, 6.07) is 4.94. The molecule has 0 aliphatic heterocycles. The summed E-state index contributed by atoms with van der Waals surface area (Å²) in [5.41, 5.74) is 13.6. The second kappa shape index (κ2) is 2.62. The molecule has 1 aliphatic carbocycles. The molecule has 0 spiro atoms. The summed E-state index contributed by atoms with van der Waals surface area (Å²) in [5, 5.41) is 0. The summed E-state index contributed by atoms with van der Waals surface area (Å²) in [7, 11) is 0. The first-order chi connectivity index (χ1) is 6.16. The molecule has 0 saturated heterocycles. The fourth-order valence-corrected chi connectivity index (χ4v) is 1.23. The van der Waals surface area contributed by atoms with Gasteiger partial charge in [0.25, 0.3) is 0 Å². The van der Waals surface area contributed by atoms with Crippen LogP contribution in [0.4, 0.5) is 11.4 Å². The molecule has 1 aromatic carbocycles. The van der Waals surface area contributed by atoms with Crippen LogP contribution in [0.1, 0.15) is 16.8 Å². The molecule has 0 saturated carbocycles. The predicted molar refractivity (Wildman–Crippen MR) is 52.3 cm³/mol. The van der Waals surface area contributed by atoms with Crippen LogP contribution in [0.2, 0.25) is 0 Å². The molecular weight excluding hydrogens is 164 g/mol. The van der Waals surface area contributed by atoms with E-state index in [-0.39, 0.29) is 5.78 Å². The van der Waals surface area contributed by atoms with E-state index in [1.165, 1.54) is 0 Å². The molecule has 0 fully saturated rings. The zero-order chi connectivity index (χ0) is 9.42. The van der Waals surface area contributed by atoms with Gasteiger partial charge >= 0.3 is 0 Å². The molecule has 66 valence electrons. The second-order valence-electron chi connectivity index (χ2n) is 3.15. The first-order valence-electron chi connectivity index (χ1n) is 4.06. The molecule has 1 aromatic rings. The summed E-state index contributed by atoms with van der Waals surface area (Å²) in [6.07, 6.45) is 2.69. The second-order valence-corrected chi connectivity index (χ2v) is 3.15. The molecule has 1 aliphatic rings. The minimum atomic E-state index is 0.0407. The summed E-state index contributed by atoms with van der Waals surface area (Å²) < 4.78 is 0. The van der Waals surface area contributed by atoms with E-state index in [0.29, 0.717) is 16.9 Å². The number of hydrogen-bond acceptors (Lipinski definition) is 3. The monoisotopic (exact) mass is 174 g/mol. The number of benzene rings is 1. The first kappa shape index (κ1) is 7.86. The van der Waals surface area contributed by atoms with Crippen molar-refractivity contribution in [3.8, 4) is 0 Å². The maximum atomic E-state index is 11.5. The Kier molecular flexibility index (Phi) is 1.59. The first-order valence-corrected chi connectivity index (χ1v) is 4.06. The van der Waals surface area contributed by atoms with Crippen molar-refractivity contribution < 1.29 is 4.79 Å². The predicted octanol–water partition coefficient (Wildman–Crippen LogP) is 1.36. The minimum Gasteiger partial charge on any atom is -0.399 e. The Hall–Kier alpha value is -1.77. The average molecular weight is 174 g/mol. The van der Waals surface area contributed by atoms with Crippen molar-refractivity contribution in [2.45, 2.75) is 6.42 Å². The topological polar surface area (TPSA) is 69.1 Å². The molecule has 0 radical (unpaired) electrons. The minimum absolute atomic E-state index is 0.0407. The van der Waals surface area contributed by atoms with Gasteiger partial charge in [0.05, 0.1) is 0 Å². The van der Waals surface area contributed by atoms with Gasteiger partial charge in [0.1, 0.15) is 0 Å². The Morgan fingerprint density at radius 2 is 1.69 bits per heavy atom. The molecule has 0 amide bonds. The van der Waals surface area contributed by atoms with Crippen LogP contribution in [-0.2, 0) is 0 Å². The molecular formula is C10H10N2O. The molecule has 2 rings (SSSR count). The van der Waals surface area contributed by atoms with Crippen molar-refractivity contribution in [1.29, 1.82) is 0 Å². The van der Waals surface area contributed by atoms with Crippen molar-refractivity contribution in [2.75, 3.05) is 11.5 Å². The Morgan fingerprint density at radius 3 is 2.15 bits per heavy atom. The van der Waals surface area contributed by atoms with E-state index in [2.05, 4.69) is 0 Å². The van der Waals surface area contributed by atoms with Gasteiger partial charge < -0.3 is 11.5 Å². The lowest BCUT2D eigenvalue weighted by atomic mass is 10.1. The highest BCUT2D eigenvalue weighted by Crippen LogP contribution is 2.25. The van der Waals surface area contributed by atoms with E-state index in [9.17, 15) is 4.79 Å². The molecule has 3 heteroatoms. The Labute approximate surface area is 76.0 Å². The van der Waals surface area contributed by atoms with Gasteiger partial charge in [0, 0.05) is 22.5 Å². The third kappa shape index (κ3) is 1.54. The quantitative estimate of drug-likeness (QED) is 0.525. The average Bonchev–Trinajstić information content (AvgIpc) is 2.83. The van der Waals surface area contributed by atoms with Gasteiger partial charge in [-0.2, -0.15) is 0 Å². The molecule has 0 aromatic heterocycles. The molecule has 0 atom stereocenters. The number of hydrogen-bond donors (Lipinski definition) is 2. The van der Waals surface area contributed by atoms with Crippen LogP contribution in [0, 0.1) is 0 Å². The Bertz CT molecular complexity index is 387. The highest BCUT2D eigenvalue weighted by atomic mass is 16.1. The maximum Gasteiger partial charge on any atom is 0.189 e. The van der Waals surface area contributed by atoms with E-state index >= 15 is 0 Å². The highest BCUT2D eigenvalue weighted by Gasteiger charge is 2.18. The van der Waals surface area contributed by atoms with Crippen LogP contribution in [0.15, 0.2) is 29.8 Å². The van der Waals surface area contributed by atoms with Crippen molar-refractivity contribution in [2.24, 2.45) is 0 Å². The summed E-state index contributed by atoms with van der Waals surface area (Å²) in [6.45, 7) is 0. The van der Waals surface area contributed by atoms with Crippen molar-refractivity contribution in [3.05, 3.63) is 35.4 Å². The maximum absolute atomic E-state index is 11.5. The molecule has 0 heterocycles. The van der Waals surface area contributed by atoms with Gasteiger partial charge in [0.15, 0.2) is 5.78 Å². The summed E-state index contributed by atoms with van der Waals surface area (Å²) in [4.78, 5) is 11.5. The normalized spacial score (nSPS) is 13.7. The Balaban J connectivity index is 2.39. The lowest BCUT2D eigenvalue weighted by Gasteiger charge is -2.01. The SMILES string of the molecule is Nc1cc(N)cc(C(=O)C2=CC2)c1. The lowest BCUT2D eigenvalue weighted by molar-refractivity contribution is 0.103. The number of rotatable bonds is 2. The Morgan fingerprint density at radius 1 is 1.15 bits per heavy atom. The zero-order valence-electron chi connectivity index (χ0n) is 7.08. The van der Waals surface area contributed by atoms with Gasteiger partial charge in [-0.1, -0.05) is 6.08 Å². The zero-order valence-corrected chi connectivity index (χ0v) is 7.08. The number of carbonyl (C=O) groups excluding carboxylic acids is 1. The van der Waals surface area contributed by atoms with Crippen molar-refractivity contribution in [3.63, 3.8) is 0 Å². The van der Waals surface area contributed by atoms with Gasteiger partial charge in [-0.05, 0) is 24.6 Å². The third-order valence-corrected chi connectivity index (χ3v) is 1.94. The van der Waals surface area contributed by atoms with Gasteiger partial charge in [-0.15, -0.1) is 0 Å². The van der Waals surface area contributed by atoms with E-state index < -0.39 is 0 Å². The number of carbonyl (C=O) groups is 1. The highest BCUT2D eigenvalue weighted by molar-refractivity contribution is 6.12. The molecule has 0 unspecified atom stereocenters. The van der Waals surface area contributed by atoms with Crippen LogP contribution >= 0.6 is 0 Å². The van der Waals surface area contributed by atoms with Crippen LogP contribution in [0.3, 0.4) is 0 Å². The largest absolute Gasteiger partial charge is 0.399 e. The van der Waals surface area contributed by atoms with Crippen LogP contribution in [-0.4, -0.2) is 5.78 Å². The van der Waals surface area contributed by atoms with Gasteiger partial charge in [0.2, 0.25) is 0 Å². The standard InChI is InChI=1S/C10H10N2O/c11-8-3-7(4-9(12)5-8)10(13)6-1-2-6/h1,3-5H,2,11-12H2. The van der Waals surface area contributed by atoms with Crippen molar-refractivity contribution >= 4 is 17.2 Å². The van der Waals surface area contributed by atoms with Gasteiger partial charge in [-0.25, -0.2) is 0 Å². The summed E-state index contributed by atoms with van der Waals surface area (Å²) in [5.74, 6) is 0.0407. The number of nitrogens with two attached hydrogens (primary N) is 2. The van der Waals surface area contributed by atoms with Crippen molar-refractivity contribution in [1.82, 2.24) is 0 Å². The molecule has 0 bridgehead atoms. The van der Waals surface area contributed by atoms with E-state index in [1.54, 1.807) is 18.2 Å². The third-order valence-electron chi connectivity index (χ3n) is 1.94. The smallest absolute Gasteiger partial charge is 0.189 e. The number of allylic oxidation sites excluding steroid dienone is 2. The number of ketones is 1. The lowest BCUT2D eigenvalue weighted by Crippen LogP contribution is -2.00. The number of Topliss-reactive ketones (excluding diaryl/α,β-unsaturated/α-hetero) is 1. The molecule has 3 nitrogen and oxygen atoms in total. The van der Waals surface area contributed by atoms with E-state index in [0.717, 1.165) is 12.0 Å². The fraction of sp³-hybridized carbons (Fsp3) is 0.100. The summed E-state index contributed by atoms with van der Waals surface area (Å²) >= 11 is 0. The van der Waals surface area contributed by atoms with Crippen LogP contribution in [0.25, 0.3) is 0 Å². The number of nitrogen functional groups attached to an aromatic ring is 2. The van der Waals surface area contributed by atoms with E-state index in [1.807, 2.05) is 6.08 Å². The van der Waals surface area contributed by atoms with Gasteiger partial charge in [-0.3, -0.25) is 4.79 Å². The molecule has 13 heavy (non-hydrogen) atoms. The van der Waals surface area contributed by atoms with Crippen LogP contribution in [0.5, 0.6) is 0 Å². The number of anilines is 2.